The van der Waals surface area contributed by atoms with Gasteiger partial charge in [-0.25, -0.2) is 18.7 Å². The molecular weight excluding hydrogens is 1040 g/mol. The van der Waals surface area contributed by atoms with Crippen molar-refractivity contribution in [2.24, 2.45) is 0 Å². The lowest BCUT2D eigenvalue weighted by Crippen LogP contribution is -2.46. The molecule has 0 radical (unpaired) electrons. The van der Waals surface area contributed by atoms with E-state index in [-0.39, 0.29) is 91.2 Å². The highest BCUT2D eigenvalue weighted by Gasteiger charge is 2.42. The third kappa shape index (κ3) is 14.6. The number of carbonyl (C=O) groups excluding carboxylic acids is 5. The van der Waals surface area contributed by atoms with Crippen LogP contribution in [0.1, 0.15) is 152 Å². The van der Waals surface area contributed by atoms with E-state index in [0.717, 1.165) is 56.0 Å². The van der Waals surface area contributed by atoms with Gasteiger partial charge in [0.2, 0.25) is 11.8 Å². The standard InChI is InChI=1S/C19H19F4N3O3.C19H22FN3O3.C18H28N2O4/c1-18(2,3)15-8-11(29-25-15)7-14(27)13-4-5-16(28)26(13)17-12(20)6-10(9-24-17)19(21,22)23;1-11-13(20)5-7-17(21-11)23-14(6-8-18(23)25)15(24)9-12-10-16(22-26-12)19(2,3)4;1-18(2,12-21)17-11-14(24-19-17)10-16(22)15-4-3-7-20(15)13-5-8-23-9-6-13/h6,8-9,13H,4-5,7H2,1-3H3;5,7,10,14H,6,8-9H2,1-4H3;11,13,15,21H,3-10,12H2,1-2H3/t13-;14-;15-/m000/s1. The number of hydrogen-bond donors (Lipinski definition) is 1. The monoisotopic (exact) mass is 1110 g/mol. The molecule has 428 valence electrons. The summed E-state index contributed by atoms with van der Waals surface area (Å²) in [4.78, 5) is 75.0. The van der Waals surface area contributed by atoms with E-state index >= 15 is 0 Å². The second-order valence-corrected chi connectivity index (χ2v) is 23.1. The van der Waals surface area contributed by atoms with Crippen molar-refractivity contribution in [2.75, 3.05) is 36.2 Å². The fourth-order valence-electron chi connectivity index (χ4n) is 9.71. The Balaban J connectivity index is 0.000000172. The number of nitrogens with zero attached hydrogens (tertiary/aromatic N) is 8. The van der Waals surface area contributed by atoms with Crippen LogP contribution in [0.25, 0.3) is 0 Å². The van der Waals surface area contributed by atoms with Crippen molar-refractivity contribution in [1.29, 1.82) is 0 Å². The quantitative estimate of drug-likeness (QED) is 0.103. The fraction of sp³-hybridized carbons (Fsp3) is 0.571. The van der Waals surface area contributed by atoms with Crippen molar-refractivity contribution in [3.05, 3.63) is 99.8 Å². The highest BCUT2D eigenvalue weighted by Crippen LogP contribution is 2.35. The second-order valence-electron chi connectivity index (χ2n) is 23.1. The maximum Gasteiger partial charge on any atom is 0.417 e. The molecule has 9 heterocycles. The van der Waals surface area contributed by atoms with Gasteiger partial charge in [0.05, 0.1) is 72.3 Å². The number of anilines is 2. The fourth-order valence-corrected chi connectivity index (χ4v) is 9.71. The first-order valence-electron chi connectivity index (χ1n) is 26.5. The van der Waals surface area contributed by atoms with Crippen LogP contribution in [0.15, 0.2) is 56.2 Å². The number of amides is 2. The summed E-state index contributed by atoms with van der Waals surface area (Å²) >= 11 is 0. The smallest absolute Gasteiger partial charge is 0.395 e. The van der Waals surface area contributed by atoms with E-state index in [9.17, 15) is 51.0 Å². The molecule has 0 spiro atoms. The van der Waals surface area contributed by atoms with Gasteiger partial charge in [0, 0.05) is 72.7 Å². The molecule has 23 heteroatoms. The van der Waals surface area contributed by atoms with E-state index < -0.39 is 58.4 Å². The van der Waals surface area contributed by atoms with Gasteiger partial charge in [0.15, 0.2) is 29.0 Å². The van der Waals surface area contributed by atoms with Crippen LogP contribution in [0.5, 0.6) is 0 Å². The minimum absolute atomic E-state index is 0.00687. The number of pyridine rings is 2. The zero-order valence-corrected chi connectivity index (χ0v) is 46.0. The zero-order chi connectivity index (χ0) is 57.8. The summed E-state index contributed by atoms with van der Waals surface area (Å²) in [5, 5.41) is 21.4. The molecule has 0 saturated carbocycles. The van der Waals surface area contributed by atoms with Crippen molar-refractivity contribution in [2.45, 2.75) is 180 Å². The first kappa shape index (κ1) is 60.1. The Morgan fingerprint density at radius 2 is 1.15 bits per heavy atom. The van der Waals surface area contributed by atoms with Crippen LogP contribution < -0.4 is 9.80 Å². The molecule has 5 aromatic heterocycles. The molecule has 2 amide bonds. The summed E-state index contributed by atoms with van der Waals surface area (Å²) in [6.45, 7) is 19.7. The number of alkyl halides is 3. The molecule has 9 rings (SSSR count). The van der Waals surface area contributed by atoms with Gasteiger partial charge in [-0.2, -0.15) is 13.2 Å². The van der Waals surface area contributed by atoms with Crippen LogP contribution in [-0.2, 0) is 70.4 Å². The summed E-state index contributed by atoms with van der Waals surface area (Å²) < 4.78 is 87.2. The minimum Gasteiger partial charge on any atom is -0.395 e. The number of Topliss-reactive ketones (excluding diaryl/α,β-unsaturated/α-hetero) is 3. The van der Waals surface area contributed by atoms with E-state index in [1.165, 1.54) is 24.0 Å². The third-order valence-electron chi connectivity index (χ3n) is 14.5. The Labute approximate surface area is 454 Å². The molecule has 4 aliphatic heterocycles. The Hall–Kier alpha value is -6.59. The molecule has 1 N–H and O–H groups in total. The number of halogens is 5. The van der Waals surface area contributed by atoms with Gasteiger partial charge in [0.1, 0.15) is 28.9 Å². The molecule has 5 aromatic rings. The first-order valence-corrected chi connectivity index (χ1v) is 26.5. The number of aliphatic hydroxyl groups is 1. The number of hydrogen-bond acceptors (Lipinski definition) is 16. The molecule has 4 saturated heterocycles. The lowest BCUT2D eigenvalue weighted by atomic mass is 9.90. The van der Waals surface area contributed by atoms with E-state index in [1.54, 1.807) is 12.1 Å². The number of carbonyl (C=O) groups is 5. The van der Waals surface area contributed by atoms with Crippen molar-refractivity contribution in [3.8, 4) is 0 Å². The van der Waals surface area contributed by atoms with Gasteiger partial charge in [-0.3, -0.25) is 38.7 Å². The van der Waals surface area contributed by atoms with Crippen LogP contribution in [0.4, 0.5) is 33.6 Å². The predicted octanol–water partition coefficient (Wildman–Crippen LogP) is 8.65. The number of aliphatic hydroxyl groups excluding tert-OH is 1. The average Bonchev–Trinajstić information content (AvgIpc) is 4.39. The number of aromatic nitrogens is 5. The maximum atomic E-state index is 14.3. The third-order valence-corrected chi connectivity index (χ3v) is 14.5. The molecule has 4 fully saturated rings. The van der Waals surface area contributed by atoms with Crippen molar-refractivity contribution < 1.29 is 69.3 Å². The lowest BCUT2D eigenvalue weighted by molar-refractivity contribution is -0.138. The summed E-state index contributed by atoms with van der Waals surface area (Å²) in [7, 11) is 0. The number of likely N-dealkylation sites (tertiary alicyclic amines) is 1. The second kappa shape index (κ2) is 24.4. The molecule has 79 heavy (non-hydrogen) atoms. The summed E-state index contributed by atoms with van der Waals surface area (Å²) in [5.41, 5.74) is 0.129. The van der Waals surface area contributed by atoms with Crippen molar-refractivity contribution in [3.63, 3.8) is 0 Å². The lowest BCUT2D eigenvalue weighted by Gasteiger charge is -2.34. The van der Waals surface area contributed by atoms with Crippen molar-refractivity contribution >= 4 is 40.8 Å². The molecule has 3 atom stereocenters. The number of aryl methyl sites for hydroxylation is 1. The Morgan fingerprint density at radius 3 is 1.63 bits per heavy atom. The number of ketones is 3. The summed E-state index contributed by atoms with van der Waals surface area (Å²) in [5.74, 6) is -1.82. The largest absolute Gasteiger partial charge is 0.417 e. The van der Waals surface area contributed by atoms with Gasteiger partial charge in [-0.05, 0) is 70.2 Å². The van der Waals surface area contributed by atoms with Gasteiger partial charge in [-0.15, -0.1) is 0 Å². The van der Waals surface area contributed by atoms with E-state index in [4.69, 9.17) is 18.3 Å². The predicted molar refractivity (Wildman–Crippen MR) is 276 cm³/mol. The Bertz CT molecular complexity index is 2990. The Morgan fingerprint density at radius 1 is 0.658 bits per heavy atom. The highest BCUT2D eigenvalue weighted by atomic mass is 19.4. The molecule has 18 nitrogen and oxygen atoms in total. The summed E-state index contributed by atoms with van der Waals surface area (Å²) in [6.07, 6.45) is 0.603. The average molecular weight is 1110 g/mol. The van der Waals surface area contributed by atoms with E-state index in [0.29, 0.717) is 53.1 Å². The normalized spacial score (nSPS) is 19.6. The van der Waals surface area contributed by atoms with Crippen LogP contribution in [0.3, 0.4) is 0 Å². The highest BCUT2D eigenvalue weighted by molar-refractivity contribution is 6.05. The van der Waals surface area contributed by atoms with Gasteiger partial charge >= 0.3 is 6.18 Å². The molecular formula is C56H69F5N8O10. The van der Waals surface area contributed by atoms with Gasteiger partial charge < -0.3 is 23.4 Å². The molecule has 0 bridgehead atoms. The van der Waals surface area contributed by atoms with Gasteiger partial charge in [0.25, 0.3) is 0 Å². The van der Waals surface area contributed by atoms with Gasteiger partial charge in [-0.1, -0.05) is 70.9 Å². The maximum absolute atomic E-state index is 14.3. The van der Waals surface area contributed by atoms with E-state index in [2.05, 4.69) is 30.3 Å². The van der Waals surface area contributed by atoms with Crippen LogP contribution in [0, 0.1) is 18.6 Å². The summed E-state index contributed by atoms with van der Waals surface area (Å²) in [6, 6.07) is 6.97. The van der Waals surface area contributed by atoms with Crippen molar-refractivity contribution in [1.82, 2.24) is 30.3 Å². The van der Waals surface area contributed by atoms with Crippen LogP contribution >= 0.6 is 0 Å². The topological polar surface area (TPSA) is 228 Å². The van der Waals surface area contributed by atoms with Crippen LogP contribution in [0.2, 0.25) is 0 Å². The first-order chi connectivity index (χ1) is 37.0. The Kier molecular flexibility index (Phi) is 18.6. The molecule has 0 unspecified atom stereocenters. The molecule has 0 aromatic carbocycles. The van der Waals surface area contributed by atoms with E-state index in [1.807, 2.05) is 61.5 Å². The zero-order valence-electron chi connectivity index (χ0n) is 46.0. The minimum atomic E-state index is -4.77. The molecule has 0 aliphatic carbocycles. The molecule has 4 aliphatic rings. The van der Waals surface area contributed by atoms with Crippen LogP contribution in [-0.4, -0.2) is 115 Å². The number of rotatable bonds is 14. The SMILES string of the molecule is CC(C)(C)c1cc(CC(=O)[C@@H]2CCC(=O)N2c2ncc(C(F)(F)F)cc2F)on1.CC(C)(CO)c1cc(CC(=O)[C@@H]2CCCN2C2CCOCC2)on1.Cc1nc(N2C(=O)CC[C@H]2C(=O)Cc2cc(C(C)(C)C)no2)ccc1F. The number of ether oxygens (including phenoxy) is 1.